The van der Waals surface area contributed by atoms with Gasteiger partial charge in [-0.05, 0) is 6.42 Å². The van der Waals surface area contributed by atoms with Gasteiger partial charge >= 0.3 is 13.8 Å². The molecule has 0 aromatic carbocycles. The van der Waals surface area contributed by atoms with Crippen LogP contribution in [0.25, 0.3) is 0 Å². The summed E-state index contributed by atoms with van der Waals surface area (Å²) in [5, 5.41) is 0. The van der Waals surface area contributed by atoms with Crippen LogP contribution in [-0.4, -0.2) is 10.9 Å². The molecule has 0 rings (SSSR count). The lowest BCUT2D eigenvalue weighted by Crippen LogP contribution is -2.06. The normalized spacial score (nSPS) is 15.5. The van der Waals surface area contributed by atoms with Crippen molar-refractivity contribution in [2.45, 2.75) is 19.8 Å². The Morgan fingerprint density at radius 2 is 2.27 bits per heavy atom. The molecule has 0 aliphatic heterocycles. The lowest BCUT2D eigenvalue weighted by atomic mass is 10.4. The Labute approximate surface area is 63.9 Å². The fourth-order valence-electron chi connectivity index (χ4n) is 0.400. The van der Waals surface area contributed by atoms with Crippen molar-refractivity contribution in [3.05, 3.63) is 0 Å². The summed E-state index contributed by atoms with van der Waals surface area (Å²) >= 11 is 0. The number of phosphoric ester groups is 1. The molecule has 1 atom stereocenters. The summed E-state index contributed by atoms with van der Waals surface area (Å²) in [6.45, 7) is 1.73. The van der Waals surface area contributed by atoms with Crippen LogP contribution in [0.5, 0.6) is 0 Å². The highest BCUT2D eigenvalue weighted by atomic mass is 31.2. The Bertz CT molecular complexity index is 181. The van der Waals surface area contributed by atoms with Gasteiger partial charge in [0.1, 0.15) is 0 Å². The summed E-state index contributed by atoms with van der Waals surface area (Å²) in [7, 11) is -4.33. The zero-order valence-electron chi connectivity index (χ0n) is 6.02. The maximum atomic E-state index is 10.5. The van der Waals surface area contributed by atoms with E-state index in [4.69, 9.17) is 4.89 Å². The second-order valence-electron chi connectivity index (χ2n) is 1.79. The van der Waals surface area contributed by atoms with Gasteiger partial charge in [0.15, 0.2) is 0 Å². The maximum absolute atomic E-state index is 10.5. The molecule has 11 heavy (non-hydrogen) atoms. The van der Waals surface area contributed by atoms with E-state index in [-0.39, 0.29) is 6.42 Å². The highest BCUT2D eigenvalue weighted by Crippen LogP contribution is 2.41. The van der Waals surface area contributed by atoms with Crippen molar-refractivity contribution in [2.24, 2.45) is 5.90 Å². The van der Waals surface area contributed by atoms with Gasteiger partial charge in [0.2, 0.25) is 0 Å². The molecule has 6 nitrogen and oxygen atoms in total. The average molecular weight is 183 g/mol. The van der Waals surface area contributed by atoms with E-state index >= 15 is 0 Å². The fourth-order valence-corrected chi connectivity index (χ4v) is 0.792. The van der Waals surface area contributed by atoms with Crippen molar-refractivity contribution in [3.63, 3.8) is 0 Å². The first-order valence-electron chi connectivity index (χ1n) is 2.95. The van der Waals surface area contributed by atoms with Crippen LogP contribution in [0.15, 0.2) is 0 Å². The van der Waals surface area contributed by atoms with Gasteiger partial charge in [0, 0.05) is 6.42 Å². The van der Waals surface area contributed by atoms with E-state index in [1.54, 1.807) is 6.92 Å². The Morgan fingerprint density at radius 1 is 1.73 bits per heavy atom. The average Bonchev–Trinajstić information content (AvgIpc) is 1.87. The second-order valence-corrected chi connectivity index (χ2v) is 3.12. The summed E-state index contributed by atoms with van der Waals surface area (Å²) < 4.78 is 17.9. The molecule has 0 radical (unpaired) electrons. The number of carbonyl (C=O) groups excluding carboxylic acids is 1. The van der Waals surface area contributed by atoms with Gasteiger partial charge in [-0.15, -0.1) is 0 Å². The molecule has 1 unspecified atom stereocenters. The van der Waals surface area contributed by atoms with Crippen molar-refractivity contribution in [1.29, 1.82) is 0 Å². The van der Waals surface area contributed by atoms with Crippen LogP contribution >= 0.6 is 7.82 Å². The van der Waals surface area contributed by atoms with Gasteiger partial charge in [0.05, 0.1) is 0 Å². The van der Waals surface area contributed by atoms with Crippen LogP contribution < -0.4 is 5.90 Å². The quantitative estimate of drug-likeness (QED) is 0.481. The zero-order valence-corrected chi connectivity index (χ0v) is 6.91. The van der Waals surface area contributed by atoms with E-state index in [1.165, 1.54) is 0 Å². The predicted molar refractivity (Wildman–Crippen MR) is 36.1 cm³/mol. The summed E-state index contributed by atoms with van der Waals surface area (Å²) in [6.07, 6.45) is 0.595. The molecule has 0 saturated carbocycles. The van der Waals surface area contributed by atoms with E-state index in [1.807, 2.05) is 0 Å². The predicted octanol–water partition coefficient (Wildman–Crippen LogP) is 0.320. The minimum absolute atomic E-state index is 0.0634. The maximum Gasteiger partial charge on any atom is 0.546 e. The van der Waals surface area contributed by atoms with Crippen molar-refractivity contribution < 1.29 is 23.4 Å². The van der Waals surface area contributed by atoms with Gasteiger partial charge in [-0.1, -0.05) is 6.92 Å². The molecule has 0 heterocycles. The summed E-state index contributed by atoms with van der Waals surface area (Å²) in [5.74, 6) is 3.56. The first-order valence-corrected chi connectivity index (χ1v) is 4.45. The zero-order chi connectivity index (χ0) is 8.91. The van der Waals surface area contributed by atoms with Crippen LogP contribution in [0.4, 0.5) is 0 Å². The van der Waals surface area contributed by atoms with E-state index in [9.17, 15) is 9.36 Å². The topological polar surface area (TPSA) is 98.9 Å². The van der Waals surface area contributed by atoms with Gasteiger partial charge in [-0.2, -0.15) is 4.62 Å². The van der Waals surface area contributed by atoms with Gasteiger partial charge < -0.3 is 4.52 Å². The molecule has 0 aliphatic rings. The number of phosphoric acid groups is 1. The van der Waals surface area contributed by atoms with Crippen LogP contribution in [0.1, 0.15) is 19.8 Å². The number of hydrogen-bond donors (Lipinski definition) is 2. The third-order valence-electron chi connectivity index (χ3n) is 0.805. The van der Waals surface area contributed by atoms with Crippen LogP contribution in [0, 0.1) is 0 Å². The molecular weight excluding hydrogens is 173 g/mol. The standard InChI is InChI=1S/C4H10NO5P/c1-2-3-4(6)9-11(7,8)10-5/h2-3,5H2,1H3,(H,7,8). The van der Waals surface area contributed by atoms with E-state index in [0.29, 0.717) is 6.42 Å². The molecule has 0 spiro atoms. The van der Waals surface area contributed by atoms with E-state index < -0.39 is 13.8 Å². The molecule has 0 aromatic heterocycles. The van der Waals surface area contributed by atoms with Gasteiger partial charge in [0.25, 0.3) is 0 Å². The molecule has 0 bridgehead atoms. The lowest BCUT2D eigenvalue weighted by Gasteiger charge is -2.06. The Kier molecular flexibility index (Phi) is 4.29. The molecule has 0 aliphatic carbocycles. The van der Waals surface area contributed by atoms with Gasteiger partial charge in [-0.25, -0.2) is 10.5 Å². The third-order valence-corrected chi connectivity index (χ3v) is 1.51. The third kappa shape index (κ3) is 4.92. The highest BCUT2D eigenvalue weighted by molar-refractivity contribution is 7.47. The van der Waals surface area contributed by atoms with Crippen LogP contribution in [0.3, 0.4) is 0 Å². The molecule has 3 N–H and O–H groups in total. The Balaban J connectivity index is 3.84. The van der Waals surface area contributed by atoms with E-state index in [2.05, 4.69) is 15.0 Å². The number of rotatable bonds is 4. The molecule has 0 amide bonds. The van der Waals surface area contributed by atoms with Crippen molar-refractivity contribution in [2.75, 3.05) is 0 Å². The van der Waals surface area contributed by atoms with Crippen LogP contribution in [0.2, 0.25) is 0 Å². The minimum Gasteiger partial charge on any atom is -0.370 e. The molecule has 7 heteroatoms. The highest BCUT2D eigenvalue weighted by Gasteiger charge is 2.24. The molecule has 0 saturated heterocycles. The van der Waals surface area contributed by atoms with Gasteiger partial charge in [-0.3, -0.25) is 9.69 Å². The smallest absolute Gasteiger partial charge is 0.370 e. The number of hydrogen-bond acceptors (Lipinski definition) is 5. The second kappa shape index (κ2) is 4.46. The molecule has 0 fully saturated rings. The SMILES string of the molecule is CCCC(=O)OP(=O)(O)ON. The summed E-state index contributed by atoms with van der Waals surface area (Å²) in [6, 6.07) is 0. The van der Waals surface area contributed by atoms with E-state index in [0.717, 1.165) is 0 Å². The number of carbonyl (C=O) groups is 1. The minimum atomic E-state index is -4.33. The van der Waals surface area contributed by atoms with Crippen LogP contribution in [-0.2, 0) is 18.5 Å². The summed E-state index contributed by atoms with van der Waals surface area (Å²) in [5.41, 5.74) is 0. The molecular formula is C4H10NO5P. The Morgan fingerprint density at radius 3 is 2.64 bits per heavy atom. The first-order chi connectivity index (χ1) is 5.02. The lowest BCUT2D eigenvalue weighted by molar-refractivity contribution is -0.136. The monoisotopic (exact) mass is 183 g/mol. The molecule has 66 valence electrons. The first kappa shape index (κ1) is 10.6. The van der Waals surface area contributed by atoms with Crippen molar-refractivity contribution in [3.8, 4) is 0 Å². The Hall–Kier alpha value is -0.420. The van der Waals surface area contributed by atoms with Crippen molar-refractivity contribution in [1.82, 2.24) is 0 Å². The number of nitrogens with two attached hydrogens (primary N) is 1. The summed E-state index contributed by atoms with van der Waals surface area (Å²) in [4.78, 5) is 19.0. The fraction of sp³-hybridized carbons (Fsp3) is 0.750. The molecule has 0 aromatic rings. The van der Waals surface area contributed by atoms with Crippen molar-refractivity contribution >= 4 is 13.8 Å². The largest absolute Gasteiger partial charge is 0.546 e.